The lowest BCUT2D eigenvalue weighted by atomic mass is 9.86. The van der Waals surface area contributed by atoms with Gasteiger partial charge in [-0.05, 0) is 135 Å². The summed E-state index contributed by atoms with van der Waals surface area (Å²) in [7, 11) is 0. The van der Waals surface area contributed by atoms with E-state index in [1.807, 2.05) is 0 Å². The maximum absolute atomic E-state index is 2.46. The highest BCUT2D eigenvalue weighted by Crippen LogP contribution is 2.50. The fourth-order valence-electron chi connectivity index (χ4n) is 9.90. The average molecular weight is 800 g/mol. The first-order valence-corrected chi connectivity index (χ1v) is 21.8. The van der Waals surface area contributed by atoms with Crippen LogP contribution in [-0.2, 0) is 0 Å². The van der Waals surface area contributed by atoms with E-state index in [4.69, 9.17) is 0 Å². The summed E-state index contributed by atoms with van der Waals surface area (Å²) in [5, 5.41) is 12.4. The van der Waals surface area contributed by atoms with Crippen LogP contribution in [0, 0.1) is 0 Å². The Morgan fingerprint density at radius 3 is 1.29 bits per heavy atom. The fraction of sp³-hybridized carbons (Fsp3) is 0. The second-order valence-electron chi connectivity index (χ2n) is 16.4. The third kappa shape index (κ3) is 6.33. The summed E-state index contributed by atoms with van der Waals surface area (Å²) in [4.78, 5) is 2.46. The first kappa shape index (κ1) is 36.6. The zero-order valence-corrected chi connectivity index (χ0v) is 34.6. The predicted molar refractivity (Wildman–Crippen MR) is 270 cm³/mol. The molecule has 12 aromatic carbocycles. The van der Waals surface area contributed by atoms with Gasteiger partial charge in [0.25, 0.3) is 0 Å². The monoisotopic (exact) mass is 799 g/mol. The van der Waals surface area contributed by atoms with Crippen molar-refractivity contribution in [2.24, 2.45) is 0 Å². The summed E-state index contributed by atoms with van der Waals surface area (Å²) in [5.41, 5.74) is 12.9. The van der Waals surface area contributed by atoms with Crippen molar-refractivity contribution in [3.05, 3.63) is 249 Å². The molecule has 294 valence electrons. The molecule has 0 amide bonds. The highest BCUT2D eigenvalue weighted by molar-refractivity contribution is 6.18. The van der Waals surface area contributed by atoms with Crippen molar-refractivity contribution < 1.29 is 0 Å². The molecule has 0 aromatic heterocycles. The van der Waals surface area contributed by atoms with Gasteiger partial charge in [-0.25, -0.2) is 0 Å². The molecule has 0 unspecified atom stereocenters. The Labute approximate surface area is 367 Å². The SMILES string of the molecule is c1ccc(-c2ccc(N(c3ccc(-c4cc5ccccc5c5ccccc45)cc3)c3cccc(-c4cccc5ccccc45)c3-c3cc4ccccc4c4ccccc34)cc2)cc1. The first-order chi connectivity index (χ1) is 31.3. The second kappa shape index (κ2) is 15.3. The molecule has 12 aromatic rings. The van der Waals surface area contributed by atoms with E-state index in [-0.39, 0.29) is 0 Å². The molecule has 0 atom stereocenters. The molecule has 0 radical (unpaired) electrons. The van der Waals surface area contributed by atoms with Crippen LogP contribution in [0.3, 0.4) is 0 Å². The van der Waals surface area contributed by atoms with Gasteiger partial charge in [0.05, 0.1) is 5.69 Å². The van der Waals surface area contributed by atoms with Crippen molar-refractivity contribution in [1.82, 2.24) is 0 Å². The molecule has 0 saturated heterocycles. The van der Waals surface area contributed by atoms with Gasteiger partial charge >= 0.3 is 0 Å². The maximum Gasteiger partial charge on any atom is 0.0546 e. The summed E-state index contributed by atoms with van der Waals surface area (Å²) in [6.45, 7) is 0. The van der Waals surface area contributed by atoms with Crippen LogP contribution in [0.2, 0.25) is 0 Å². The zero-order valence-electron chi connectivity index (χ0n) is 34.6. The standard InChI is InChI=1S/C62H41N/c1-2-16-42(17-3-1)43-32-36-48(37-33-43)63(49-38-34-45(35-39-49)59-40-46-19-5-8-23-51(46)53-25-10-12-27-56(53)59)61-31-15-30-58(55-29-14-21-44-18-4-7-22-50(44)55)62(61)60-41-47-20-6-9-24-52(47)54-26-11-13-28-57(54)60/h1-41H. The number of anilines is 3. The van der Waals surface area contributed by atoms with Gasteiger partial charge in [0, 0.05) is 16.9 Å². The molecule has 0 spiro atoms. The Balaban J connectivity index is 1.13. The summed E-state index contributed by atoms with van der Waals surface area (Å²) >= 11 is 0. The molecule has 0 heterocycles. The van der Waals surface area contributed by atoms with Gasteiger partial charge < -0.3 is 4.90 Å². The third-order valence-corrected chi connectivity index (χ3v) is 12.8. The van der Waals surface area contributed by atoms with E-state index in [9.17, 15) is 0 Å². The predicted octanol–water partition coefficient (Wildman–Crippen LogP) is 17.6. The van der Waals surface area contributed by atoms with Gasteiger partial charge in [0.2, 0.25) is 0 Å². The smallest absolute Gasteiger partial charge is 0.0546 e. The van der Waals surface area contributed by atoms with Crippen LogP contribution in [0.1, 0.15) is 0 Å². The lowest BCUT2D eigenvalue weighted by molar-refractivity contribution is 1.28. The van der Waals surface area contributed by atoms with Gasteiger partial charge in [0.1, 0.15) is 0 Å². The van der Waals surface area contributed by atoms with Gasteiger partial charge in [0.15, 0.2) is 0 Å². The molecular formula is C62H41N. The number of rotatable bonds is 7. The summed E-state index contributed by atoms with van der Waals surface area (Å²) in [5.74, 6) is 0. The van der Waals surface area contributed by atoms with E-state index in [1.54, 1.807) is 0 Å². The number of hydrogen-bond donors (Lipinski definition) is 0. The van der Waals surface area contributed by atoms with Gasteiger partial charge in [-0.2, -0.15) is 0 Å². The third-order valence-electron chi connectivity index (χ3n) is 12.8. The Kier molecular flexibility index (Phi) is 8.90. The maximum atomic E-state index is 2.46. The molecular weight excluding hydrogens is 759 g/mol. The number of benzene rings is 12. The average Bonchev–Trinajstić information content (AvgIpc) is 3.36. The van der Waals surface area contributed by atoms with Crippen LogP contribution in [0.4, 0.5) is 17.1 Å². The molecule has 0 bridgehead atoms. The Morgan fingerprint density at radius 1 is 0.222 bits per heavy atom. The van der Waals surface area contributed by atoms with E-state index in [1.165, 1.54) is 98.4 Å². The second-order valence-corrected chi connectivity index (χ2v) is 16.4. The van der Waals surface area contributed by atoms with Crippen LogP contribution in [0.15, 0.2) is 249 Å². The van der Waals surface area contributed by atoms with E-state index in [0.717, 1.165) is 17.1 Å². The van der Waals surface area contributed by atoms with Gasteiger partial charge in [-0.15, -0.1) is 0 Å². The first-order valence-electron chi connectivity index (χ1n) is 21.8. The van der Waals surface area contributed by atoms with Crippen LogP contribution in [-0.4, -0.2) is 0 Å². The minimum atomic E-state index is 1.08. The Bertz CT molecular complexity index is 3650. The molecule has 0 aliphatic carbocycles. The van der Waals surface area contributed by atoms with Crippen molar-refractivity contribution in [3.63, 3.8) is 0 Å². The largest absolute Gasteiger partial charge is 0.310 e. The minimum absolute atomic E-state index is 1.08. The Hall–Kier alpha value is -8.26. The van der Waals surface area contributed by atoms with Crippen molar-refractivity contribution in [3.8, 4) is 44.5 Å². The molecule has 1 nitrogen and oxygen atoms in total. The minimum Gasteiger partial charge on any atom is -0.310 e. The molecule has 0 aliphatic rings. The number of hydrogen-bond acceptors (Lipinski definition) is 1. The van der Waals surface area contributed by atoms with Crippen molar-refractivity contribution in [2.45, 2.75) is 0 Å². The van der Waals surface area contributed by atoms with E-state index >= 15 is 0 Å². The lowest BCUT2D eigenvalue weighted by Crippen LogP contribution is -2.12. The Morgan fingerprint density at radius 2 is 0.651 bits per heavy atom. The highest BCUT2D eigenvalue weighted by Gasteiger charge is 2.24. The van der Waals surface area contributed by atoms with Gasteiger partial charge in [-0.1, -0.05) is 206 Å². The van der Waals surface area contributed by atoms with Gasteiger partial charge in [-0.3, -0.25) is 0 Å². The van der Waals surface area contributed by atoms with E-state index in [0.29, 0.717) is 0 Å². The fourth-order valence-corrected chi connectivity index (χ4v) is 9.90. The lowest BCUT2D eigenvalue weighted by Gasteiger charge is -2.30. The number of fused-ring (bicyclic) bond motifs is 7. The van der Waals surface area contributed by atoms with Crippen LogP contribution >= 0.6 is 0 Å². The van der Waals surface area contributed by atoms with E-state index in [2.05, 4.69) is 254 Å². The molecule has 1 heteroatoms. The molecule has 12 rings (SSSR count). The zero-order chi connectivity index (χ0) is 41.7. The molecule has 0 aliphatic heterocycles. The summed E-state index contributed by atoms with van der Waals surface area (Å²) in [6.07, 6.45) is 0. The van der Waals surface area contributed by atoms with E-state index < -0.39 is 0 Å². The summed E-state index contributed by atoms with van der Waals surface area (Å²) < 4.78 is 0. The summed E-state index contributed by atoms with van der Waals surface area (Å²) in [6, 6.07) is 91.2. The molecule has 0 fully saturated rings. The quantitative estimate of drug-likeness (QED) is 0.145. The van der Waals surface area contributed by atoms with Crippen LogP contribution < -0.4 is 4.90 Å². The highest BCUT2D eigenvalue weighted by atomic mass is 15.1. The topological polar surface area (TPSA) is 3.24 Å². The normalized spacial score (nSPS) is 11.5. The number of nitrogens with zero attached hydrogens (tertiary/aromatic N) is 1. The van der Waals surface area contributed by atoms with Crippen molar-refractivity contribution >= 4 is 70.9 Å². The molecule has 0 N–H and O–H groups in total. The molecule has 0 saturated carbocycles. The van der Waals surface area contributed by atoms with Crippen LogP contribution in [0.5, 0.6) is 0 Å². The van der Waals surface area contributed by atoms with Crippen molar-refractivity contribution in [2.75, 3.05) is 4.90 Å². The van der Waals surface area contributed by atoms with Crippen LogP contribution in [0.25, 0.3) is 98.4 Å². The molecule has 63 heavy (non-hydrogen) atoms. The van der Waals surface area contributed by atoms with Crippen molar-refractivity contribution in [1.29, 1.82) is 0 Å².